The minimum atomic E-state index is -0.560. The third kappa shape index (κ3) is 2.38. The van der Waals surface area contributed by atoms with E-state index in [9.17, 15) is 9.59 Å². The van der Waals surface area contributed by atoms with Crippen molar-refractivity contribution >= 4 is 34.6 Å². The molecule has 0 aromatic heterocycles. The molecule has 3 atom stereocenters. The molecule has 0 radical (unpaired) electrons. The summed E-state index contributed by atoms with van der Waals surface area (Å²) in [6.45, 7) is 7.43. The number of carbonyl (C=O) groups excluding carboxylic acids is 2. The van der Waals surface area contributed by atoms with Crippen LogP contribution in [0.15, 0.2) is 0 Å². The maximum atomic E-state index is 12.4. The van der Waals surface area contributed by atoms with Crippen molar-refractivity contribution in [3.63, 3.8) is 0 Å². The second-order valence-corrected chi connectivity index (χ2v) is 8.14. The highest BCUT2D eigenvalue weighted by Crippen LogP contribution is 2.48. The molecule has 2 amide bonds. The molecule has 2 rings (SSSR count). The molecule has 1 saturated heterocycles. The molecule has 1 heterocycles. The minimum Gasteiger partial charge on any atom is -0.443 e. The van der Waals surface area contributed by atoms with Gasteiger partial charge in [-0.2, -0.15) is 0 Å². The third-order valence-electron chi connectivity index (χ3n) is 3.71. The lowest BCUT2D eigenvalue weighted by Gasteiger charge is -2.30. The first-order valence-electron chi connectivity index (χ1n) is 6.35. The van der Waals surface area contributed by atoms with E-state index >= 15 is 0 Å². The first-order chi connectivity index (χ1) is 8.14. The molecule has 4 nitrogen and oxygen atoms in total. The van der Waals surface area contributed by atoms with Crippen LogP contribution in [-0.2, 0) is 9.53 Å². The molecule has 5 heteroatoms. The molecule has 3 unspecified atom stereocenters. The summed E-state index contributed by atoms with van der Waals surface area (Å²) in [4.78, 5) is 26.0. The van der Waals surface area contributed by atoms with Crippen LogP contribution < -0.4 is 0 Å². The molecular formula is C13H20INO3. The molecule has 2 aliphatic rings. The van der Waals surface area contributed by atoms with E-state index in [2.05, 4.69) is 22.6 Å². The van der Waals surface area contributed by atoms with Gasteiger partial charge in [-0.3, -0.25) is 4.79 Å². The van der Waals surface area contributed by atoms with E-state index < -0.39 is 11.7 Å². The van der Waals surface area contributed by atoms with Crippen molar-refractivity contribution in [1.82, 2.24) is 4.90 Å². The van der Waals surface area contributed by atoms with Crippen LogP contribution in [0, 0.1) is 5.41 Å². The first kappa shape index (κ1) is 14.1. The highest BCUT2D eigenvalue weighted by atomic mass is 127. The third-order valence-corrected chi connectivity index (χ3v) is 5.16. The second-order valence-electron chi connectivity index (χ2n) is 6.54. The van der Waals surface area contributed by atoms with E-state index in [0.29, 0.717) is 3.92 Å². The van der Waals surface area contributed by atoms with Crippen LogP contribution >= 0.6 is 22.6 Å². The van der Waals surface area contributed by atoms with Crippen LogP contribution in [0.4, 0.5) is 4.79 Å². The highest BCUT2D eigenvalue weighted by Gasteiger charge is 2.56. The molecule has 1 saturated carbocycles. The first-order valence-corrected chi connectivity index (χ1v) is 7.59. The number of hydrogen-bond donors (Lipinski definition) is 0. The van der Waals surface area contributed by atoms with Crippen molar-refractivity contribution in [2.45, 2.75) is 62.5 Å². The molecule has 0 N–H and O–H groups in total. The Morgan fingerprint density at radius 2 is 2.11 bits per heavy atom. The Balaban J connectivity index is 2.22. The van der Waals surface area contributed by atoms with Crippen molar-refractivity contribution in [3.8, 4) is 0 Å². The molecule has 0 aromatic rings. The number of fused-ring (bicyclic) bond motifs is 2. The van der Waals surface area contributed by atoms with E-state index in [1.165, 1.54) is 4.90 Å². The summed E-state index contributed by atoms with van der Waals surface area (Å²) in [5, 5.41) is 0. The van der Waals surface area contributed by atoms with Crippen LogP contribution in [0.3, 0.4) is 0 Å². The predicted octanol–water partition coefficient (Wildman–Crippen LogP) is 3.13. The number of amides is 2. The Morgan fingerprint density at radius 1 is 1.50 bits per heavy atom. The van der Waals surface area contributed by atoms with Gasteiger partial charge in [0.1, 0.15) is 5.60 Å². The zero-order valence-electron chi connectivity index (χ0n) is 11.3. The number of halogens is 1. The summed E-state index contributed by atoms with van der Waals surface area (Å²) in [5.41, 5.74) is -0.918. The van der Waals surface area contributed by atoms with Gasteiger partial charge in [-0.15, -0.1) is 0 Å². The number of carbonyl (C=O) groups is 2. The molecule has 0 aromatic carbocycles. The maximum absolute atomic E-state index is 12.4. The average Bonchev–Trinajstić information content (AvgIpc) is 2.42. The molecule has 18 heavy (non-hydrogen) atoms. The smallest absolute Gasteiger partial charge is 0.417 e. The van der Waals surface area contributed by atoms with E-state index in [0.717, 1.165) is 19.3 Å². The quantitative estimate of drug-likeness (QED) is 0.490. The summed E-state index contributed by atoms with van der Waals surface area (Å²) in [7, 11) is 0. The average molecular weight is 365 g/mol. The monoisotopic (exact) mass is 365 g/mol. The number of alkyl halides is 1. The summed E-state index contributed by atoms with van der Waals surface area (Å²) < 4.78 is 5.70. The number of ether oxygens (including phenoxy) is 1. The van der Waals surface area contributed by atoms with Crippen molar-refractivity contribution < 1.29 is 14.3 Å². The van der Waals surface area contributed by atoms with E-state index in [1.807, 2.05) is 27.7 Å². The molecule has 0 spiro atoms. The fraction of sp³-hybridized carbons (Fsp3) is 0.846. The number of rotatable bonds is 0. The van der Waals surface area contributed by atoms with Gasteiger partial charge in [0.05, 0.1) is 6.04 Å². The summed E-state index contributed by atoms with van der Waals surface area (Å²) in [5.74, 6) is -0.0547. The fourth-order valence-electron chi connectivity index (χ4n) is 2.76. The predicted molar refractivity (Wildman–Crippen MR) is 76.6 cm³/mol. The standard InChI is InChI=1S/C13H20INO3/c1-12(2,3)18-11(17)15-9-7-13(4,10(15)16)6-5-8(9)14/h8-9H,5-7H2,1-4H3. The molecule has 1 aliphatic carbocycles. The summed E-state index contributed by atoms with van der Waals surface area (Å²) in [6, 6.07) is 0.00620. The lowest BCUT2D eigenvalue weighted by molar-refractivity contribution is -0.134. The van der Waals surface area contributed by atoms with Crippen LogP contribution in [0.5, 0.6) is 0 Å². The lowest BCUT2D eigenvalue weighted by Crippen LogP contribution is -2.45. The fourth-order valence-corrected chi connectivity index (χ4v) is 3.65. The molecule has 1 aliphatic heterocycles. The van der Waals surface area contributed by atoms with Gasteiger partial charge < -0.3 is 4.74 Å². The molecular weight excluding hydrogens is 345 g/mol. The van der Waals surface area contributed by atoms with Gasteiger partial charge in [-0.1, -0.05) is 29.5 Å². The van der Waals surface area contributed by atoms with Crippen molar-refractivity contribution in [2.24, 2.45) is 5.41 Å². The lowest BCUT2D eigenvalue weighted by atomic mass is 9.77. The van der Waals surface area contributed by atoms with E-state index in [1.54, 1.807) is 0 Å². The Labute approximate surface area is 122 Å². The topological polar surface area (TPSA) is 46.6 Å². The zero-order valence-corrected chi connectivity index (χ0v) is 13.5. The molecule has 2 bridgehead atoms. The SMILES string of the molecule is CC(C)(C)OC(=O)N1C(=O)C2(C)CCC(I)C1C2. The van der Waals surface area contributed by atoms with Gasteiger partial charge in [-0.05, 0) is 40.0 Å². The number of nitrogens with zero attached hydrogens (tertiary/aromatic N) is 1. The second kappa shape index (κ2) is 4.35. The highest BCUT2D eigenvalue weighted by molar-refractivity contribution is 14.1. The Morgan fingerprint density at radius 3 is 2.67 bits per heavy atom. The largest absolute Gasteiger partial charge is 0.443 e. The Kier molecular flexibility index (Phi) is 3.41. The maximum Gasteiger partial charge on any atom is 0.417 e. The molecule has 2 fully saturated rings. The number of likely N-dealkylation sites (tertiary alicyclic amines) is 1. The summed E-state index contributed by atoms with van der Waals surface area (Å²) in [6.07, 6.45) is 2.16. The van der Waals surface area contributed by atoms with Gasteiger partial charge in [0, 0.05) is 9.34 Å². The number of imide groups is 1. The number of hydrogen-bond acceptors (Lipinski definition) is 3. The van der Waals surface area contributed by atoms with Gasteiger partial charge in [0.25, 0.3) is 0 Å². The van der Waals surface area contributed by atoms with E-state index in [-0.39, 0.29) is 17.4 Å². The van der Waals surface area contributed by atoms with Gasteiger partial charge in [0.2, 0.25) is 5.91 Å². The normalized spacial score (nSPS) is 35.8. The van der Waals surface area contributed by atoms with Crippen molar-refractivity contribution in [3.05, 3.63) is 0 Å². The van der Waals surface area contributed by atoms with E-state index in [4.69, 9.17) is 4.74 Å². The Bertz CT molecular complexity index is 390. The minimum absolute atomic E-state index is 0.00620. The van der Waals surface area contributed by atoms with Gasteiger partial charge in [-0.25, -0.2) is 9.69 Å². The van der Waals surface area contributed by atoms with Crippen molar-refractivity contribution in [2.75, 3.05) is 0 Å². The van der Waals surface area contributed by atoms with Crippen LogP contribution in [-0.4, -0.2) is 32.5 Å². The van der Waals surface area contributed by atoms with Gasteiger partial charge >= 0.3 is 6.09 Å². The van der Waals surface area contributed by atoms with Crippen molar-refractivity contribution in [1.29, 1.82) is 0 Å². The Hall–Kier alpha value is -0.330. The van der Waals surface area contributed by atoms with Crippen LogP contribution in [0.25, 0.3) is 0 Å². The van der Waals surface area contributed by atoms with Gasteiger partial charge in [0.15, 0.2) is 0 Å². The van der Waals surface area contributed by atoms with Crippen LogP contribution in [0.2, 0.25) is 0 Å². The van der Waals surface area contributed by atoms with Crippen LogP contribution in [0.1, 0.15) is 47.0 Å². The zero-order chi connectivity index (χ0) is 13.7. The molecule has 102 valence electrons. The summed E-state index contributed by atoms with van der Waals surface area (Å²) >= 11 is 2.35.